The molecule has 36 heavy (non-hydrogen) atoms. The number of aromatic hydroxyl groups is 1. The van der Waals surface area contributed by atoms with Crippen LogP contribution in [0, 0.1) is 17.2 Å². The Labute approximate surface area is 210 Å². The van der Waals surface area contributed by atoms with Crippen LogP contribution in [0.2, 0.25) is 0 Å². The summed E-state index contributed by atoms with van der Waals surface area (Å²) in [5, 5.41) is 33.9. The highest BCUT2D eigenvalue weighted by atomic mass is 16.5. The molecule has 0 bridgehead atoms. The monoisotopic (exact) mass is 482 g/mol. The number of aryl methyl sites for hydroxylation is 1. The van der Waals surface area contributed by atoms with Crippen molar-refractivity contribution in [2.24, 2.45) is 13.0 Å². The summed E-state index contributed by atoms with van der Waals surface area (Å²) in [7, 11) is 3.52. The van der Waals surface area contributed by atoms with Gasteiger partial charge in [0.15, 0.2) is 0 Å². The number of aromatic nitrogens is 4. The van der Waals surface area contributed by atoms with Gasteiger partial charge in [0.1, 0.15) is 17.0 Å². The Morgan fingerprint density at radius 3 is 2.67 bits per heavy atom. The van der Waals surface area contributed by atoms with Crippen molar-refractivity contribution < 1.29 is 9.84 Å². The number of nitrogens with zero attached hydrogens (tertiary/aromatic N) is 6. The summed E-state index contributed by atoms with van der Waals surface area (Å²) in [6.45, 7) is 5.15. The average Bonchev–Trinajstić information content (AvgIpc) is 3.24. The number of likely N-dealkylation sites (tertiary alicyclic amines) is 1. The van der Waals surface area contributed by atoms with Crippen molar-refractivity contribution in [1.29, 1.82) is 5.26 Å². The molecule has 8 heteroatoms. The molecule has 4 aromatic rings. The lowest BCUT2D eigenvalue weighted by Crippen LogP contribution is -2.47. The molecule has 0 spiro atoms. The van der Waals surface area contributed by atoms with Crippen LogP contribution in [0.5, 0.6) is 11.5 Å². The largest absolute Gasteiger partial charge is 0.507 e. The van der Waals surface area contributed by atoms with E-state index in [-0.39, 0.29) is 5.75 Å². The molecule has 0 amide bonds. The molecule has 1 N–H and O–H groups in total. The molecule has 1 aliphatic rings. The van der Waals surface area contributed by atoms with E-state index < -0.39 is 0 Å². The van der Waals surface area contributed by atoms with Gasteiger partial charge in [-0.2, -0.15) is 20.6 Å². The standard InChI is InChI=1S/C28H30N6O2/c1-18(5-4-10-29)14-34-16-22(17-34)24-8-9-25(31-30-24)23-7-6-19(12-26(23)35)20-11-21-15-33(2)32-28(21)27(13-20)36-3/h6-9,11-13,15,18,22,35H,4-5,14,16-17H2,1-3H3. The van der Waals surface area contributed by atoms with E-state index in [0.29, 0.717) is 35.3 Å². The van der Waals surface area contributed by atoms with Crippen LogP contribution in [0.4, 0.5) is 0 Å². The third-order valence-corrected chi connectivity index (χ3v) is 6.89. The Morgan fingerprint density at radius 1 is 1.14 bits per heavy atom. The zero-order chi connectivity index (χ0) is 25.2. The van der Waals surface area contributed by atoms with Gasteiger partial charge in [-0.05, 0) is 59.9 Å². The van der Waals surface area contributed by atoms with Crippen LogP contribution in [0.25, 0.3) is 33.3 Å². The Kier molecular flexibility index (Phi) is 6.57. The van der Waals surface area contributed by atoms with E-state index in [2.05, 4.69) is 33.2 Å². The molecule has 1 saturated heterocycles. The molecule has 2 aromatic carbocycles. The van der Waals surface area contributed by atoms with Gasteiger partial charge in [-0.3, -0.25) is 4.68 Å². The number of benzene rings is 2. The maximum Gasteiger partial charge on any atom is 0.147 e. The predicted molar refractivity (Wildman–Crippen MR) is 139 cm³/mol. The summed E-state index contributed by atoms with van der Waals surface area (Å²) in [5.41, 5.74) is 4.89. The second-order valence-electron chi connectivity index (χ2n) is 9.71. The summed E-state index contributed by atoms with van der Waals surface area (Å²) in [6, 6.07) is 15.7. The summed E-state index contributed by atoms with van der Waals surface area (Å²) in [5.74, 6) is 1.75. The number of hydrogen-bond donors (Lipinski definition) is 1. The third kappa shape index (κ3) is 4.75. The van der Waals surface area contributed by atoms with E-state index in [1.807, 2.05) is 49.6 Å². The zero-order valence-corrected chi connectivity index (χ0v) is 20.8. The smallest absolute Gasteiger partial charge is 0.147 e. The van der Waals surface area contributed by atoms with Crippen LogP contribution in [-0.2, 0) is 7.05 Å². The van der Waals surface area contributed by atoms with Gasteiger partial charge in [-0.15, -0.1) is 0 Å². The van der Waals surface area contributed by atoms with Gasteiger partial charge in [0.25, 0.3) is 0 Å². The molecular weight excluding hydrogens is 452 g/mol. The van der Waals surface area contributed by atoms with Gasteiger partial charge in [-0.1, -0.05) is 13.0 Å². The van der Waals surface area contributed by atoms with Gasteiger partial charge in [0.2, 0.25) is 0 Å². The Bertz CT molecular complexity index is 1420. The number of hydrogen-bond acceptors (Lipinski definition) is 7. The number of methoxy groups -OCH3 is 1. The van der Waals surface area contributed by atoms with E-state index >= 15 is 0 Å². The summed E-state index contributed by atoms with van der Waals surface area (Å²) >= 11 is 0. The van der Waals surface area contributed by atoms with E-state index in [9.17, 15) is 5.11 Å². The number of ether oxygens (including phenoxy) is 1. The highest BCUT2D eigenvalue weighted by molar-refractivity contribution is 5.90. The normalized spacial score (nSPS) is 14.9. The molecule has 1 atom stereocenters. The minimum atomic E-state index is 0.154. The van der Waals surface area contributed by atoms with Gasteiger partial charge >= 0.3 is 0 Å². The molecule has 1 fully saturated rings. The fraction of sp³-hybridized carbons (Fsp3) is 0.357. The summed E-state index contributed by atoms with van der Waals surface area (Å²) in [4.78, 5) is 2.41. The van der Waals surface area contributed by atoms with Crippen molar-refractivity contribution in [1.82, 2.24) is 24.9 Å². The number of fused-ring (bicyclic) bond motifs is 1. The van der Waals surface area contributed by atoms with Gasteiger partial charge in [0, 0.05) is 56.2 Å². The predicted octanol–water partition coefficient (Wildman–Crippen LogP) is 4.75. The van der Waals surface area contributed by atoms with Crippen molar-refractivity contribution >= 4 is 10.9 Å². The van der Waals surface area contributed by atoms with E-state index in [1.165, 1.54) is 0 Å². The SMILES string of the molecule is COc1cc(-c2ccc(-c3ccc(C4CN(CC(C)CCC#N)C4)nn3)c(O)c2)cc2cn(C)nc12. The molecule has 5 rings (SSSR count). The molecule has 3 heterocycles. The second-order valence-corrected chi connectivity index (χ2v) is 9.71. The lowest BCUT2D eigenvalue weighted by atomic mass is 9.93. The quantitative estimate of drug-likeness (QED) is 0.387. The highest BCUT2D eigenvalue weighted by Crippen LogP contribution is 2.36. The molecule has 1 aliphatic heterocycles. The molecule has 2 aromatic heterocycles. The van der Waals surface area contributed by atoms with Crippen LogP contribution >= 0.6 is 0 Å². The number of phenols is 1. The first-order valence-corrected chi connectivity index (χ1v) is 12.2. The maximum absolute atomic E-state index is 10.8. The minimum Gasteiger partial charge on any atom is -0.507 e. The van der Waals surface area contributed by atoms with Crippen molar-refractivity contribution in [2.75, 3.05) is 26.7 Å². The minimum absolute atomic E-state index is 0.154. The number of rotatable bonds is 8. The topological polar surface area (TPSA) is 100 Å². The Balaban J connectivity index is 1.28. The van der Waals surface area contributed by atoms with Crippen molar-refractivity contribution in [2.45, 2.75) is 25.7 Å². The fourth-order valence-electron chi connectivity index (χ4n) is 4.93. The van der Waals surface area contributed by atoms with Crippen LogP contribution in [-0.4, -0.2) is 56.7 Å². The number of nitriles is 1. The van der Waals surface area contributed by atoms with Crippen molar-refractivity contribution in [3.8, 4) is 40.0 Å². The summed E-state index contributed by atoms with van der Waals surface area (Å²) < 4.78 is 7.30. The molecule has 8 nitrogen and oxygen atoms in total. The molecule has 184 valence electrons. The molecule has 1 unspecified atom stereocenters. The van der Waals surface area contributed by atoms with E-state index in [1.54, 1.807) is 17.9 Å². The first kappa shape index (κ1) is 23.8. The molecule has 0 saturated carbocycles. The Hall–Kier alpha value is -3.96. The van der Waals surface area contributed by atoms with Crippen molar-refractivity contribution in [3.05, 3.63) is 54.4 Å². The Morgan fingerprint density at radius 2 is 1.97 bits per heavy atom. The molecular formula is C28H30N6O2. The lowest BCUT2D eigenvalue weighted by Gasteiger charge is -2.40. The van der Waals surface area contributed by atoms with Gasteiger partial charge in [0.05, 0.1) is 24.6 Å². The highest BCUT2D eigenvalue weighted by Gasteiger charge is 2.30. The fourth-order valence-corrected chi connectivity index (χ4v) is 4.93. The van der Waals surface area contributed by atoms with E-state index in [4.69, 9.17) is 10.00 Å². The van der Waals surface area contributed by atoms with Crippen LogP contribution in [0.15, 0.2) is 48.7 Å². The zero-order valence-electron chi connectivity index (χ0n) is 20.8. The first-order valence-electron chi connectivity index (χ1n) is 12.2. The second kappa shape index (κ2) is 9.96. The average molecular weight is 483 g/mol. The van der Waals surface area contributed by atoms with Gasteiger partial charge in [-0.25, -0.2) is 0 Å². The van der Waals surface area contributed by atoms with Crippen LogP contribution < -0.4 is 4.74 Å². The lowest BCUT2D eigenvalue weighted by molar-refractivity contribution is 0.123. The first-order chi connectivity index (χ1) is 17.4. The molecule has 0 radical (unpaired) electrons. The third-order valence-electron chi connectivity index (χ3n) is 6.89. The van der Waals surface area contributed by atoms with Crippen molar-refractivity contribution in [3.63, 3.8) is 0 Å². The maximum atomic E-state index is 10.8. The summed E-state index contributed by atoms with van der Waals surface area (Å²) in [6.07, 6.45) is 3.51. The van der Waals surface area contributed by atoms with E-state index in [0.717, 1.165) is 53.8 Å². The van der Waals surface area contributed by atoms with Crippen LogP contribution in [0.1, 0.15) is 31.4 Å². The molecule has 0 aliphatic carbocycles. The van der Waals surface area contributed by atoms with Crippen LogP contribution in [0.3, 0.4) is 0 Å². The van der Waals surface area contributed by atoms with Gasteiger partial charge < -0.3 is 14.7 Å². The number of phenolic OH excluding ortho intramolecular Hbond substituents is 1.